The number of aliphatic hydroxyl groups is 1. The maximum absolute atomic E-state index is 13.2. The average molecular weight is 257 g/mol. The quantitative estimate of drug-likeness (QED) is 0.728. The number of rotatable bonds is 8. The third-order valence-electron chi connectivity index (χ3n) is 3.68. The van der Waals surface area contributed by atoms with Gasteiger partial charge in [0, 0.05) is 5.41 Å². The summed E-state index contributed by atoms with van der Waals surface area (Å²) in [4.78, 5) is 3.86. The molecule has 1 aromatic heterocycles. The Hall–Kier alpha value is -0.970. The van der Waals surface area contributed by atoms with Crippen LogP contribution in [-0.2, 0) is 6.54 Å². The van der Waals surface area contributed by atoms with E-state index in [0.29, 0.717) is 6.42 Å². The lowest BCUT2D eigenvalue weighted by atomic mass is 9.72. The third-order valence-corrected chi connectivity index (χ3v) is 3.68. The van der Waals surface area contributed by atoms with Gasteiger partial charge in [-0.3, -0.25) is 9.07 Å². The van der Waals surface area contributed by atoms with Crippen molar-refractivity contribution < 1.29 is 9.50 Å². The number of halogens is 1. The summed E-state index contributed by atoms with van der Waals surface area (Å²) in [6.45, 7) is 5.36. The highest BCUT2D eigenvalue weighted by Crippen LogP contribution is 2.37. The number of aromatic nitrogens is 3. The standard InChI is InChI=1S/C13H24FN3O/c1-4-5-6-7-13(18,12(2,3)8-14)9-17-11-15-10-16-17/h10-11,18H,4-9H2,1-3H3. The van der Waals surface area contributed by atoms with E-state index < -0.39 is 17.7 Å². The van der Waals surface area contributed by atoms with Crippen LogP contribution in [0.4, 0.5) is 4.39 Å². The molecule has 1 unspecified atom stereocenters. The van der Waals surface area contributed by atoms with E-state index in [0.717, 1.165) is 19.3 Å². The first kappa shape index (κ1) is 15.1. The molecule has 104 valence electrons. The lowest BCUT2D eigenvalue weighted by Crippen LogP contribution is -2.49. The van der Waals surface area contributed by atoms with Crippen LogP contribution in [0.2, 0.25) is 0 Å². The minimum absolute atomic E-state index is 0.285. The van der Waals surface area contributed by atoms with Gasteiger partial charge in [-0.1, -0.05) is 40.0 Å². The normalized spacial score (nSPS) is 15.6. The van der Waals surface area contributed by atoms with Crippen molar-refractivity contribution in [1.82, 2.24) is 14.8 Å². The molecule has 1 rings (SSSR count). The van der Waals surface area contributed by atoms with Crippen molar-refractivity contribution in [3.63, 3.8) is 0 Å². The van der Waals surface area contributed by atoms with Gasteiger partial charge in [0.05, 0.1) is 18.8 Å². The second-order valence-corrected chi connectivity index (χ2v) is 5.60. The molecule has 1 N–H and O–H groups in total. The molecule has 0 saturated carbocycles. The second kappa shape index (κ2) is 6.27. The fourth-order valence-corrected chi connectivity index (χ4v) is 2.01. The van der Waals surface area contributed by atoms with Crippen LogP contribution >= 0.6 is 0 Å². The molecule has 0 aliphatic rings. The molecule has 0 spiro atoms. The van der Waals surface area contributed by atoms with E-state index in [1.54, 1.807) is 24.9 Å². The van der Waals surface area contributed by atoms with E-state index in [-0.39, 0.29) is 6.54 Å². The molecule has 0 saturated heterocycles. The first-order valence-corrected chi connectivity index (χ1v) is 6.56. The molecule has 0 aliphatic heterocycles. The fourth-order valence-electron chi connectivity index (χ4n) is 2.01. The van der Waals surface area contributed by atoms with Gasteiger partial charge in [0.1, 0.15) is 12.7 Å². The van der Waals surface area contributed by atoms with Crippen LogP contribution in [0.5, 0.6) is 0 Å². The zero-order valence-electron chi connectivity index (χ0n) is 11.6. The van der Waals surface area contributed by atoms with Crippen molar-refractivity contribution in [1.29, 1.82) is 0 Å². The molecule has 1 heterocycles. The Kier molecular flexibility index (Phi) is 5.26. The maximum Gasteiger partial charge on any atom is 0.137 e. The molecule has 1 aromatic rings. The fraction of sp³-hybridized carbons (Fsp3) is 0.846. The van der Waals surface area contributed by atoms with Crippen molar-refractivity contribution in [2.45, 2.75) is 58.6 Å². The maximum atomic E-state index is 13.2. The minimum Gasteiger partial charge on any atom is -0.387 e. The van der Waals surface area contributed by atoms with E-state index >= 15 is 0 Å². The highest BCUT2D eigenvalue weighted by Gasteiger charge is 2.43. The van der Waals surface area contributed by atoms with Gasteiger partial charge >= 0.3 is 0 Å². The zero-order valence-corrected chi connectivity index (χ0v) is 11.6. The summed E-state index contributed by atoms with van der Waals surface area (Å²) in [6, 6.07) is 0. The monoisotopic (exact) mass is 257 g/mol. The Morgan fingerprint density at radius 2 is 2.06 bits per heavy atom. The molecular weight excluding hydrogens is 233 g/mol. The van der Waals surface area contributed by atoms with Gasteiger partial charge in [0.2, 0.25) is 0 Å². The molecule has 0 aromatic carbocycles. The molecule has 5 heteroatoms. The van der Waals surface area contributed by atoms with Crippen molar-refractivity contribution in [2.24, 2.45) is 5.41 Å². The average Bonchev–Trinajstić information content (AvgIpc) is 2.82. The van der Waals surface area contributed by atoms with E-state index in [4.69, 9.17) is 0 Å². The molecule has 0 aliphatic carbocycles. The Morgan fingerprint density at radius 1 is 1.33 bits per heavy atom. The van der Waals surface area contributed by atoms with Crippen LogP contribution in [0.25, 0.3) is 0 Å². The summed E-state index contributed by atoms with van der Waals surface area (Å²) in [5.74, 6) is 0. The van der Waals surface area contributed by atoms with Crippen LogP contribution in [0, 0.1) is 5.41 Å². The summed E-state index contributed by atoms with van der Waals surface area (Å²) in [5.41, 5.74) is -1.88. The van der Waals surface area contributed by atoms with Crippen LogP contribution in [0.15, 0.2) is 12.7 Å². The predicted octanol–water partition coefficient (Wildman–Crippen LogP) is 2.59. The van der Waals surface area contributed by atoms with Crippen LogP contribution in [0.3, 0.4) is 0 Å². The van der Waals surface area contributed by atoms with E-state index in [1.807, 2.05) is 0 Å². The van der Waals surface area contributed by atoms with Crippen molar-refractivity contribution >= 4 is 0 Å². The van der Waals surface area contributed by atoms with Gasteiger partial charge in [-0.05, 0) is 6.42 Å². The van der Waals surface area contributed by atoms with Crippen LogP contribution in [-0.4, -0.2) is 32.1 Å². The number of hydrogen-bond acceptors (Lipinski definition) is 3. The smallest absolute Gasteiger partial charge is 0.137 e. The molecule has 18 heavy (non-hydrogen) atoms. The Balaban J connectivity index is 2.79. The molecule has 0 fully saturated rings. The number of nitrogens with zero attached hydrogens (tertiary/aromatic N) is 3. The Labute approximate surface area is 108 Å². The Bertz CT molecular complexity index is 340. The van der Waals surface area contributed by atoms with Crippen molar-refractivity contribution in [3.8, 4) is 0 Å². The number of hydrogen-bond donors (Lipinski definition) is 1. The Morgan fingerprint density at radius 3 is 2.56 bits per heavy atom. The molecule has 1 atom stereocenters. The lowest BCUT2D eigenvalue weighted by molar-refractivity contribution is -0.0986. The lowest BCUT2D eigenvalue weighted by Gasteiger charge is -2.41. The first-order chi connectivity index (χ1) is 8.45. The second-order valence-electron chi connectivity index (χ2n) is 5.60. The van der Waals surface area contributed by atoms with Crippen LogP contribution < -0.4 is 0 Å². The summed E-state index contributed by atoms with van der Waals surface area (Å²) < 4.78 is 14.8. The molecule has 0 amide bonds. The third kappa shape index (κ3) is 3.51. The summed E-state index contributed by atoms with van der Waals surface area (Å²) in [7, 11) is 0. The van der Waals surface area contributed by atoms with Crippen molar-refractivity contribution in [3.05, 3.63) is 12.7 Å². The zero-order chi connectivity index (χ0) is 13.6. The highest BCUT2D eigenvalue weighted by atomic mass is 19.1. The molecule has 0 radical (unpaired) electrons. The topological polar surface area (TPSA) is 50.9 Å². The van der Waals surface area contributed by atoms with Gasteiger partial charge in [-0.2, -0.15) is 5.10 Å². The predicted molar refractivity (Wildman–Crippen MR) is 68.9 cm³/mol. The SMILES string of the molecule is CCCCCC(O)(Cn1cncn1)C(C)(C)CF. The largest absolute Gasteiger partial charge is 0.387 e. The van der Waals surface area contributed by atoms with Gasteiger partial charge in [0.25, 0.3) is 0 Å². The van der Waals surface area contributed by atoms with Crippen LogP contribution in [0.1, 0.15) is 46.5 Å². The first-order valence-electron chi connectivity index (χ1n) is 6.56. The molecule has 0 bridgehead atoms. The van der Waals surface area contributed by atoms with E-state index in [1.165, 1.54) is 6.33 Å². The van der Waals surface area contributed by atoms with Gasteiger partial charge in [-0.25, -0.2) is 4.98 Å². The van der Waals surface area contributed by atoms with Crippen molar-refractivity contribution in [2.75, 3.05) is 6.67 Å². The molecular formula is C13H24FN3O. The van der Waals surface area contributed by atoms with Gasteiger partial charge in [0.15, 0.2) is 0 Å². The number of alkyl halides is 1. The highest BCUT2D eigenvalue weighted by molar-refractivity contribution is 4.93. The number of unbranched alkanes of at least 4 members (excludes halogenated alkanes) is 2. The summed E-state index contributed by atoms with van der Waals surface area (Å²) >= 11 is 0. The molecule has 4 nitrogen and oxygen atoms in total. The van der Waals surface area contributed by atoms with E-state index in [2.05, 4.69) is 17.0 Å². The minimum atomic E-state index is -1.09. The van der Waals surface area contributed by atoms with Gasteiger partial charge < -0.3 is 5.11 Å². The van der Waals surface area contributed by atoms with E-state index in [9.17, 15) is 9.50 Å². The summed E-state index contributed by atoms with van der Waals surface area (Å²) in [5, 5.41) is 14.8. The summed E-state index contributed by atoms with van der Waals surface area (Å²) in [6.07, 6.45) is 6.58. The van der Waals surface area contributed by atoms with Gasteiger partial charge in [-0.15, -0.1) is 0 Å².